The Morgan fingerprint density at radius 2 is 2.05 bits per heavy atom. The first-order valence-corrected chi connectivity index (χ1v) is 7.08. The molecule has 5 heteroatoms. The molecule has 1 amide bonds. The van der Waals surface area contributed by atoms with E-state index in [1.54, 1.807) is 30.3 Å². The maximum absolute atomic E-state index is 12.2. The minimum Gasteiger partial charge on any atom is -0.384 e. The molecule has 1 heterocycles. The normalized spacial score (nSPS) is 10.3. The van der Waals surface area contributed by atoms with Crippen molar-refractivity contribution in [2.75, 3.05) is 17.7 Å². The predicted molar refractivity (Wildman–Crippen MR) is 84.5 cm³/mol. The van der Waals surface area contributed by atoms with Crippen LogP contribution in [0.15, 0.2) is 47.1 Å². The van der Waals surface area contributed by atoms with E-state index in [9.17, 15) is 4.79 Å². The zero-order valence-electron chi connectivity index (χ0n) is 11.2. The molecule has 0 unspecified atom stereocenters. The van der Waals surface area contributed by atoms with Gasteiger partial charge < -0.3 is 10.6 Å². The molecule has 0 saturated heterocycles. The highest BCUT2D eigenvalue weighted by atomic mass is 79.9. The van der Waals surface area contributed by atoms with Crippen molar-refractivity contribution in [2.45, 2.75) is 12.8 Å². The number of carbonyl (C=O) groups is 1. The lowest BCUT2D eigenvalue weighted by Gasteiger charge is -2.17. The fourth-order valence-electron chi connectivity index (χ4n) is 1.85. The summed E-state index contributed by atoms with van der Waals surface area (Å²) in [4.78, 5) is 17.8. The maximum Gasteiger partial charge on any atom is 0.227 e. The van der Waals surface area contributed by atoms with Crippen molar-refractivity contribution in [1.29, 1.82) is 0 Å². The van der Waals surface area contributed by atoms with E-state index in [4.69, 9.17) is 5.73 Å². The van der Waals surface area contributed by atoms with Crippen LogP contribution in [0.5, 0.6) is 0 Å². The largest absolute Gasteiger partial charge is 0.384 e. The number of benzene rings is 1. The zero-order chi connectivity index (χ0) is 14.5. The van der Waals surface area contributed by atoms with E-state index in [1.165, 1.54) is 0 Å². The number of aromatic nitrogens is 1. The van der Waals surface area contributed by atoms with Crippen LogP contribution in [0.1, 0.15) is 12.0 Å². The van der Waals surface area contributed by atoms with E-state index in [0.717, 1.165) is 15.7 Å². The minimum atomic E-state index is 0.0484. The number of aryl methyl sites for hydroxylation is 1. The van der Waals surface area contributed by atoms with Crippen molar-refractivity contribution in [2.24, 2.45) is 0 Å². The molecule has 1 aromatic carbocycles. The molecule has 2 aromatic rings. The number of anilines is 2. The topological polar surface area (TPSA) is 59.2 Å². The second kappa shape index (κ2) is 6.52. The van der Waals surface area contributed by atoms with Crippen molar-refractivity contribution in [3.8, 4) is 0 Å². The number of nitrogens with two attached hydrogens (primary N) is 1. The number of nitrogens with zero attached hydrogens (tertiary/aromatic N) is 2. The first-order valence-electron chi connectivity index (χ1n) is 6.29. The lowest BCUT2D eigenvalue weighted by molar-refractivity contribution is -0.118. The molecule has 2 N–H and O–H groups in total. The fourth-order valence-corrected chi connectivity index (χ4v) is 2.33. The van der Waals surface area contributed by atoms with Gasteiger partial charge in [-0.2, -0.15) is 0 Å². The summed E-state index contributed by atoms with van der Waals surface area (Å²) in [5, 5.41) is 0. The molecule has 0 saturated carbocycles. The Morgan fingerprint density at radius 3 is 2.70 bits per heavy atom. The van der Waals surface area contributed by atoms with E-state index in [-0.39, 0.29) is 5.91 Å². The van der Waals surface area contributed by atoms with Crippen LogP contribution in [-0.2, 0) is 11.2 Å². The number of rotatable bonds is 4. The third-order valence-electron chi connectivity index (χ3n) is 3.10. The van der Waals surface area contributed by atoms with Crippen molar-refractivity contribution < 1.29 is 4.79 Å². The van der Waals surface area contributed by atoms with Gasteiger partial charge in [-0.05, 0) is 30.2 Å². The van der Waals surface area contributed by atoms with Gasteiger partial charge in [-0.1, -0.05) is 34.1 Å². The molecule has 1 aromatic heterocycles. The molecule has 0 bridgehead atoms. The summed E-state index contributed by atoms with van der Waals surface area (Å²) in [5.41, 5.74) is 7.41. The highest BCUT2D eigenvalue weighted by Crippen LogP contribution is 2.19. The van der Waals surface area contributed by atoms with E-state index in [0.29, 0.717) is 18.7 Å². The lowest BCUT2D eigenvalue weighted by Crippen LogP contribution is -2.26. The summed E-state index contributed by atoms with van der Waals surface area (Å²) in [6.45, 7) is 0. The van der Waals surface area contributed by atoms with Gasteiger partial charge in [-0.3, -0.25) is 4.79 Å². The van der Waals surface area contributed by atoms with Crippen molar-refractivity contribution in [3.05, 3.63) is 52.6 Å². The Morgan fingerprint density at radius 1 is 1.30 bits per heavy atom. The Bertz CT molecular complexity index is 598. The average molecular weight is 334 g/mol. The molecule has 0 aliphatic heterocycles. The first kappa shape index (κ1) is 14.5. The summed E-state index contributed by atoms with van der Waals surface area (Å²) in [6.07, 6.45) is 2.75. The van der Waals surface area contributed by atoms with Crippen LogP contribution < -0.4 is 10.6 Å². The number of hydrogen-bond donors (Lipinski definition) is 1. The molecule has 4 nitrogen and oxygen atoms in total. The zero-order valence-corrected chi connectivity index (χ0v) is 12.8. The highest BCUT2D eigenvalue weighted by molar-refractivity contribution is 9.10. The third kappa shape index (κ3) is 3.57. The van der Waals surface area contributed by atoms with Crippen LogP contribution in [0.4, 0.5) is 11.5 Å². The monoisotopic (exact) mass is 333 g/mol. The average Bonchev–Trinajstić information content (AvgIpc) is 2.46. The van der Waals surface area contributed by atoms with Crippen LogP contribution >= 0.6 is 15.9 Å². The fraction of sp³-hybridized carbons (Fsp3) is 0.200. The molecule has 104 valence electrons. The summed E-state index contributed by atoms with van der Waals surface area (Å²) >= 11 is 3.49. The minimum absolute atomic E-state index is 0.0484. The number of hydrogen-bond acceptors (Lipinski definition) is 3. The van der Waals surface area contributed by atoms with Crippen LogP contribution in [0.2, 0.25) is 0 Å². The molecule has 0 fully saturated rings. The van der Waals surface area contributed by atoms with Gasteiger partial charge in [0.05, 0.1) is 11.9 Å². The van der Waals surface area contributed by atoms with Crippen molar-refractivity contribution in [3.63, 3.8) is 0 Å². The number of nitrogen functional groups attached to an aromatic ring is 1. The van der Waals surface area contributed by atoms with Gasteiger partial charge in [-0.25, -0.2) is 4.98 Å². The van der Waals surface area contributed by atoms with Gasteiger partial charge in [0, 0.05) is 17.9 Å². The van der Waals surface area contributed by atoms with Crippen LogP contribution in [0.25, 0.3) is 0 Å². The van der Waals surface area contributed by atoms with Gasteiger partial charge in [0.2, 0.25) is 5.91 Å². The number of amides is 1. The first-order chi connectivity index (χ1) is 9.58. The van der Waals surface area contributed by atoms with Crippen molar-refractivity contribution >= 4 is 33.3 Å². The Balaban J connectivity index is 1.98. The van der Waals surface area contributed by atoms with Gasteiger partial charge in [0.25, 0.3) is 0 Å². The Hall–Kier alpha value is -1.88. The molecule has 0 aliphatic carbocycles. The second-order valence-electron chi connectivity index (χ2n) is 4.49. The van der Waals surface area contributed by atoms with Gasteiger partial charge in [-0.15, -0.1) is 0 Å². The standard InChI is InChI=1S/C15H16BrN3O/c1-19(12-7-8-14(17)18-10-12)15(20)9-6-11-4-2-3-5-13(11)16/h2-5,7-8,10H,6,9H2,1H3,(H2,17,18). The molecule has 0 spiro atoms. The van der Waals surface area contributed by atoms with Gasteiger partial charge >= 0.3 is 0 Å². The predicted octanol–water partition coefficient (Wildman–Crippen LogP) is 3.02. The van der Waals surface area contributed by atoms with Crippen LogP contribution in [0.3, 0.4) is 0 Å². The van der Waals surface area contributed by atoms with Gasteiger partial charge in [0.1, 0.15) is 5.82 Å². The maximum atomic E-state index is 12.2. The number of halogens is 1. The SMILES string of the molecule is CN(C(=O)CCc1ccccc1Br)c1ccc(N)nc1. The smallest absolute Gasteiger partial charge is 0.227 e. The lowest BCUT2D eigenvalue weighted by atomic mass is 10.1. The summed E-state index contributed by atoms with van der Waals surface area (Å²) in [7, 11) is 1.75. The molecule has 0 atom stereocenters. The Kier molecular flexibility index (Phi) is 4.74. The molecule has 20 heavy (non-hydrogen) atoms. The second-order valence-corrected chi connectivity index (χ2v) is 5.34. The molecular formula is C15H16BrN3O. The number of carbonyl (C=O) groups excluding carboxylic acids is 1. The van der Waals surface area contributed by atoms with Gasteiger partial charge in [0.15, 0.2) is 0 Å². The van der Waals surface area contributed by atoms with E-state index in [2.05, 4.69) is 20.9 Å². The van der Waals surface area contributed by atoms with Crippen LogP contribution in [0, 0.1) is 0 Å². The molecular weight excluding hydrogens is 318 g/mol. The Labute approximate surface area is 126 Å². The van der Waals surface area contributed by atoms with E-state index in [1.807, 2.05) is 24.3 Å². The molecule has 0 radical (unpaired) electrons. The molecule has 0 aliphatic rings. The van der Waals surface area contributed by atoms with Crippen LogP contribution in [-0.4, -0.2) is 17.9 Å². The molecule has 2 rings (SSSR count). The summed E-state index contributed by atoms with van der Waals surface area (Å²) in [6, 6.07) is 11.4. The highest BCUT2D eigenvalue weighted by Gasteiger charge is 2.12. The van der Waals surface area contributed by atoms with E-state index >= 15 is 0 Å². The quantitative estimate of drug-likeness (QED) is 0.935. The summed E-state index contributed by atoms with van der Waals surface area (Å²) in [5.74, 6) is 0.495. The van der Waals surface area contributed by atoms with E-state index < -0.39 is 0 Å². The number of pyridine rings is 1. The summed E-state index contributed by atoms with van der Waals surface area (Å²) < 4.78 is 1.03. The van der Waals surface area contributed by atoms with Crippen molar-refractivity contribution in [1.82, 2.24) is 4.98 Å². The third-order valence-corrected chi connectivity index (χ3v) is 3.87.